The molecule has 0 N–H and O–H groups in total. The van der Waals surface area contributed by atoms with Gasteiger partial charge in [0.25, 0.3) is 0 Å². The summed E-state index contributed by atoms with van der Waals surface area (Å²) in [5.41, 5.74) is 2.34. The van der Waals surface area contributed by atoms with E-state index in [0.717, 1.165) is 30.2 Å². The number of hydrogen-bond donors (Lipinski definition) is 0. The lowest BCUT2D eigenvalue weighted by molar-refractivity contribution is 0.659. The molecule has 0 aliphatic carbocycles. The summed E-state index contributed by atoms with van der Waals surface area (Å²) in [6.45, 7) is 5.12. The van der Waals surface area contributed by atoms with Gasteiger partial charge in [0, 0.05) is 12.1 Å². The number of halogens is 1. The van der Waals surface area contributed by atoms with Gasteiger partial charge in [-0.15, -0.1) is 21.8 Å². The molecular weight excluding hydrogens is 234 g/mol. The summed E-state index contributed by atoms with van der Waals surface area (Å²) in [5.74, 6) is 2.16. The van der Waals surface area contributed by atoms with Crippen molar-refractivity contribution < 1.29 is 0 Å². The molecule has 0 unspecified atom stereocenters. The smallest absolute Gasteiger partial charge is 0.164 e. The predicted molar refractivity (Wildman–Crippen MR) is 70.0 cm³/mol. The third-order valence-corrected chi connectivity index (χ3v) is 3.02. The highest BCUT2D eigenvalue weighted by Gasteiger charge is 2.13. The maximum atomic E-state index is 5.89. The van der Waals surface area contributed by atoms with E-state index in [9.17, 15) is 0 Å². The van der Waals surface area contributed by atoms with Crippen molar-refractivity contribution in [1.29, 1.82) is 0 Å². The Balaban J connectivity index is 2.52. The maximum absolute atomic E-state index is 5.89. The molecule has 1 heterocycles. The lowest BCUT2D eigenvalue weighted by Crippen LogP contribution is -2.04. The number of aryl methyl sites for hydroxylation is 1. The number of nitrogens with zero attached hydrogens (tertiary/aromatic N) is 3. The fourth-order valence-electron chi connectivity index (χ4n) is 1.92. The van der Waals surface area contributed by atoms with Gasteiger partial charge in [0.2, 0.25) is 0 Å². The van der Waals surface area contributed by atoms with E-state index in [1.807, 2.05) is 12.1 Å². The molecule has 1 aromatic heterocycles. The molecule has 0 aliphatic heterocycles. The van der Waals surface area contributed by atoms with Crippen molar-refractivity contribution in [2.75, 3.05) is 0 Å². The van der Waals surface area contributed by atoms with Crippen LogP contribution in [0, 0.1) is 6.92 Å². The number of hydrogen-bond acceptors (Lipinski definition) is 2. The van der Waals surface area contributed by atoms with Crippen LogP contribution in [0.25, 0.3) is 11.4 Å². The van der Waals surface area contributed by atoms with Crippen molar-refractivity contribution in [2.24, 2.45) is 0 Å². The summed E-state index contributed by atoms with van der Waals surface area (Å²) < 4.78 is 2.11. The minimum atomic E-state index is 0.402. The molecule has 0 amide bonds. The first-order valence-electron chi connectivity index (χ1n) is 5.82. The van der Waals surface area contributed by atoms with Crippen LogP contribution in [0.5, 0.6) is 0 Å². The van der Waals surface area contributed by atoms with Crippen LogP contribution >= 0.6 is 11.6 Å². The molecule has 17 heavy (non-hydrogen) atoms. The highest BCUT2D eigenvalue weighted by molar-refractivity contribution is 6.16. The number of rotatable bonds is 4. The molecular formula is C13H16ClN3. The Morgan fingerprint density at radius 2 is 2.00 bits per heavy atom. The molecule has 0 saturated carbocycles. The first kappa shape index (κ1) is 12.1. The van der Waals surface area contributed by atoms with Crippen LogP contribution in [-0.4, -0.2) is 14.8 Å². The van der Waals surface area contributed by atoms with Gasteiger partial charge in [-0.2, -0.15) is 0 Å². The van der Waals surface area contributed by atoms with E-state index in [2.05, 4.69) is 40.7 Å². The van der Waals surface area contributed by atoms with E-state index >= 15 is 0 Å². The van der Waals surface area contributed by atoms with Crippen molar-refractivity contribution in [3.8, 4) is 11.4 Å². The first-order valence-corrected chi connectivity index (χ1v) is 6.35. The van der Waals surface area contributed by atoms with E-state index in [0.29, 0.717) is 5.88 Å². The van der Waals surface area contributed by atoms with E-state index in [4.69, 9.17) is 11.6 Å². The molecule has 0 atom stereocenters. The predicted octanol–water partition coefficient (Wildman–Crippen LogP) is 3.40. The largest absolute Gasteiger partial charge is 0.310 e. The van der Waals surface area contributed by atoms with Crippen molar-refractivity contribution in [1.82, 2.24) is 14.8 Å². The second-order valence-electron chi connectivity index (χ2n) is 4.04. The van der Waals surface area contributed by atoms with Crippen LogP contribution in [0.15, 0.2) is 24.3 Å². The SMILES string of the molecule is CCCn1c(CCl)nnc1-c1ccccc1C. The number of aromatic nitrogens is 3. The average Bonchev–Trinajstić information content (AvgIpc) is 2.73. The molecule has 2 aromatic rings. The van der Waals surface area contributed by atoms with Crippen LogP contribution < -0.4 is 0 Å². The van der Waals surface area contributed by atoms with Crippen LogP contribution in [0.1, 0.15) is 24.7 Å². The fourth-order valence-corrected chi connectivity index (χ4v) is 2.11. The molecule has 0 fully saturated rings. The van der Waals surface area contributed by atoms with Gasteiger partial charge in [-0.1, -0.05) is 31.2 Å². The van der Waals surface area contributed by atoms with Gasteiger partial charge in [0.1, 0.15) is 5.82 Å². The van der Waals surface area contributed by atoms with E-state index < -0.39 is 0 Å². The number of alkyl halides is 1. The summed E-state index contributed by atoms with van der Waals surface area (Å²) >= 11 is 5.89. The molecule has 0 radical (unpaired) electrons. The second-order valence-corrected chi connectivity index (χ2v) is 4.31. The minimum absolute atomic E-state index is 0.402. The van der Waals surface area contributed by atoms with Gasteiger partial charge >= 0.3 is 0 Å². The zero-order valence-corrected chi connectivity index (χ0v) is 10.9. The lowest BCUT2D eigenvalue weighted by Gasteiger charge is -2.09. The van der Waals surface area contributed by atoms with Gasteiger partial charge < -0.3 is 4.57 Å². The third kappa shape index (κ3) is 2.34. The maximum Gasteiger partial charge on any atom is 0.164 e. The fraction of sp³-hybridized carbons (Fsp3) is 0.385. The van der Waals surface area contributed by atoms with Gasteiger partial charge in [0.15, 0.2) is 5.82 Å². The highest BCUT2D eigenvalue weighted by Crippen LogP contribution is 2.22. The Labute approximate surface area is 106 Å². The minimum Gasteiger partial charge on any atom is -0.310 e. The summed E-state index contributed by atoms with van der Waals surface area (Å²) in [7, 11) is 0. The van der Waals surface area contributed by atoms with Gasteiger partial charge in [-0.05, 0) is 18.9 Å². The standard InChI is InChI=1S/C13H16ClN3/c1-3-8-17-12(9-14)15-16-13(17)11-7-5-4-6-10(11)2/h4-7H,3,8-9H2,1-2H3. The first-order chi connectivity index (χ1) is 8.27. The summed E-state index contributed by atoms with van der Waals surface area (Å²) in [6.07, 6.45) is 1.04. The van der Waals surface area contributed by atoms with E-state index in [-0.39, 0.29) is 0 Å². The molecule has 0 aliphatic rings. The molecule has 1 aromatic carbocycles. The molecule has 4 heteroatoms. The van der Waals surface area contributed by atoms with Crippen LogP contribution in [0.2, 0.25) is 0 Å². The van der Waals surface area contributed by atoms with Crippen molar-refractivity contribution in [3.05, 3.63) is 35.7 Å². The molecule has 0 bridgehead atoms. The summed E-state index contributed by atoms with van der Waals surface area (Å²) in [5, 5.41) is 8.42. The van der Waals surface area contributed by atoms with Crippen molar-refractivity contribution in [2.45, 2.75) is 32.7 Å². The average molecular weight is 250 g/mol. The zero-order valence-electron chi connectivity index (χ0n) is 10.2. The summed E-state index contributed by atoms with van der Waals surface area (Å²) in [6, 6.07) is 8.21. The topological polar surface area (TPSA) is 30.7 Å². The highest BCUT2D eigenvalue weighted by atomic mass is 35.5. The van der Waals surface area contributed by atoms with Gasteiger partial charge in [-0.3, -0.25) is 0 Å². The Bertz CT molecular complexity index is 505. The normalized spacial score (nSPS) is 10.8. The lowest BCUT2D eigenvalue weighted by atomic mass is 10.1. The van der Waals surface area contributed by atoms with Crippen LogP contribution in [0.4, 0.5) is 0 Å². The monoisotopic (exact) mass is 249 g/mol. The van der Waals surface area contributed by atoms with E-state index in [1.165, 1.54) is 5.56 Å². The van der Waals surface area contributed by atoms with Crippen LogP contribution in [0.3, 0.4) is 0 Å². The molecule has 0 spiro atoms. The Morgan fingerprint density at radius 3 is 2.65 bits per heavy atom. The quantitative estimate of drug-likeness (QED) is 0.778. The number of benzene rings is 1. The Morgan fingerprint density at radius 1 is 1.24 bits per heavy atom. The molecule has 0 saturated heterocycles. The zero-order chi connectivity index (χ0) is 12.3. The molecule has 90 valence electrons. The molecule has 2 rings (SSSR count). The van der Waals surface area contributed by atoms with Crippen molar-refractivity contribution >= 4 is 11.6 Å². The Kier molecular flexibility index (Phi) is 3.79. The van der Waals surface area contributed by atoms with Crippen LogP contribution in [-0.2, 0) is 12.4 Å². The summed E-state index contributed by atoms with van der Waals surface area (Å²) in [4.78, 5) is 0. The van der Waals surface area contributed by atoms with Crippen molar-refractivity contribution in [3.63, 3.8) is 0 Å². The molecule has 3 nitrogen and oxygen atoms in total. The van der Waals surface area contributed by atoms with Gasteiger partial charge in [0.05, 0.1) is 5.88 Å². The van der Waals surface area contributed by atoms with E-state index in [1.54, 1.807) is 0 Å². The second kappa shape index (κ2) is 5.32. The van der Waals surface area contributed by atoms with Gasteiger partial charge in [-0.25, -0.2) is 0 Å². The third-order valence-electron chi connectivity index (χ3n) is 2.78. The Hall–Kier alpha value is -1.35.